The van der Waals surface area contributed by atoms with Crippen molar-refractivity contribution in [2.75, 3.05) is 44.7 Å². The minimum atomic E-state index is 0.769. The van der Waals surface area contributed by atoms with E-state index in [9.17, 15) is 0 Å². The van der Waals surface area contributed by atoms with Gasteiger partial charge in [-0.2, -0.15) is 0 Å². The molecule has 134 valence electrons. The number of hydrogen-bond acceptors (Lipinski definition) is 4. The van der Waals surface area contributed by atoms with Crippen LogP contribution in [0.4, 0.5) is 5.82 Å². The number of fused-ring (bicyclic) bond motifs is 1. The molecule has 1 fully saturated rings. The van der Waals surface area contributed by atoms with Gasteiger partial charge < -0.3 is 15.0 Å². The van der Waals surface area contributed by atoms with E-state index in [0.29, 0.717) is 0 Å². The summed E-state index contributed by atoms with van der Waals surface area (Å²) in [6, 6.07) is 18.3. The first kappa shape index (κ1) is 16.9. The SMILES string of the molecule is c1ccc(-c2nc(NCCC[NH+]3CCOCC3)c3ccccc3n2)cc1. The quantitative estimate of drug-likeness (QED) is 0.669. The zero-order chi connectivity index (χ0) is 17.6. The fourth-order valence-corrected chi connectivity index (χ4v) is 3.38. The van der Waals surface area contributed by atoms with Gasteiger partial charge in [0.2, 0.25) is 0 Å². The molecule has 1 aromatic heterocycles. The molecule has 0 atom stereocenters. The van der Waals surface area contributed by atoms with Crippen LogP contribution in [0.5, 0.6) is 0 Å². The molecule has 4 rings (SSSR count). The highest BCUT2D eigenvalue weighted by Crippen LogP contribution is 2.24. The van der Waals surface area contributed by atoms with Crippen molar-refractivity contribution in [2.24, 2.45) is 0 Å². The molecule has 0 amide bonds. The highest BCUT2D eigenvalue weighted by Gasteiger charge is 2.13. The predicted octanol–water partition coefficient (Wildman–Crippen LogP) is 2.01. The van der Waals surface area contributed by atoms with Crippen molar-refractivity contribution in [3.05, 3.63) is 54.6 Å². The van der Waals surface area contributed by atoms with E-state index in [2.05, 4.69) is 23.5 Å². The minimum absolute atomic E-state index is 0.769. The highest BCUT2D eigenvalue weighted by molar-refractivity contribution is 5.90. The molecule has 2 N–H and O–H groups in total. The molecular weight excluding hydrogens is 324 g/mol. The van der Waals surface area contributed by atoms with Gasteiger partial charge in [-0.1, -0.05) is 42.5 Å². The van der Waals surface area contributed by atoms with E-state index in [1.54, 1.807) is 4.90 Å². The Morgan fingerprint density at radius 2 is 1.69 bits per heavy atom. The number of para-hydroxylation sites is 1. The first-order valence-electron chi connectivity index (χ1n) is 9.37. The van der Waals surface area contributed by atoms with E-state index in [0.717, 1.165) is 67.4 Å². The van der Waals surface area contributed by atoms with E-state index in [1.165, 1.54) is 6.54 Å². The molecule has 0 unspecified atom stereocenters. The molecule has 2 heterocycles. The van der Waals surface area contributed by atoms with Crippen LogP contribution in [0.25, 0.3) is 22.3 Å². The van der Waals surface area contributed by atoms with Gasteiger partial charge in [-0.05, 0) is 12.1 Å². The summed E-state index contributed by atoms with van der Waals surface area (Å²) in [6.45, 7) is 6.10. The smallest absolute Gasteiger partial charge is 0.162 e. The second-order valence-electron chi connectivity index (χ2n) is 6.67. The van der Waals surface area contributed by atoms with Gasteiger partial charge in [0.15, 0.2) is 5.82 Å². The zero-order valence-electron chi connectivity index (χ0n) is 14.9. The summed E-state index contributed by atoms with van der Waals surface area (Å²) in [5.74, 6) is 1.69. The van der Waals surface area contributed by atoms with Crippen molar-refractivity contribution in [3.8, 4) is 11.4 Å². The molecule has 0 aliphatic carbocycles. The van der Waals surface area contributed by atoms with Crippen LogP contribution >= 0.6 is 0 Å². The number of aromatic nitrogens is 2. The number of ether oxygens (including phenoxy) is 1. The lowest BCUT2D eigenvalue weighted by Crippen LogP contribution is -3.14. The first-order valence-corrected chi connectivity index (χ1v) is 9.37. The van der Waals surface area contributed by atoms with E-state index >= 15 is 0 Å². The number of anilines is 1. The number of hydrogen-bond donors (Lipinski definition) is 2. The summed E-state index contributed by atoms with van der Waals surface area (Å²) in [5.41, 5.74) is 2.02. The third-order valence-corrected chi connectivity index (χ3v) is 4.83. The summed E-state index contributed by atoms with van der Waals surface area (Å²) in [5, 5.41) is 4.62. The number of nitrogens with zero attached hydrogens (tertiary/aromatic N) is 2. The van der Waals surface area contributed by atoms with Crippen LogP contribution in [-0.2, 0) is 4.74 Å². The minimum Gasteiger partial charge on any atom is -0.370 e. The van der Waals surface area contributed by atoms with E-state index < -0.39 is 0 Å². The lowest BCUT2D eigenvalue weighted by Gasteiger charge is -2.23. The summed E-state index contributed by atoms with van der Waals surface area (Å²) in [6.07, 6.45) is 1.12. The van der Waals surface area contributed by atoms with Gasteiger partial charge in [0.05, 0.1) is 25.3 Å². The summed E-state index contributed by atoms with van der Waals surface area (Å²) < 4.78 is 5.43. The molecule has 5 nitrogen and oxygen atoms in total. The Hall–Kier alpha value is -2.50. The molecular formula is C21H25N4O+. The number of nitrogens with one attached hydrogen (secondary N) is 2. The molecule has 5 heteroatoms. The molecule has 0 radical (unpaired) electrons. The molecule has 1 saturated heterocycles. The van der Waals surface area contributed by atoms with E-state index in [4.69, 9.17) is 14.7 Å². The number of benzene rings is 2. The van der Waals surface area contributed by atoms with Crippen molar-refractivity contribution < 1.29 is 9.64 Å². The molecule has 0 spiro atoms. The normalized spacial score (nSPS) is 15.2. The van der Waals surface area contributed by atoms with E-state index in [1.807, 2.05) is 36.4 Å². The van der Waals surface area contributed by atoms with Gasteiger partial charge in [0.1, 0.15) is 18.9 Å². The monoisotopic (exact) mass is 349 g/mol. The van der Waals surface area contributed by atoms with Crippen molar-refractivity contribution in [3.63, 3.8) is 0 Å². The second kappa shape index (κ2) is 8.25. The highest BCUT2D eigenvalue weighted by atomic mass is 16.5. The largest absolute Gasteiger partial charge is 0.370 e. The maximum Gasteiger partial charge on any atom is 0.162 e. The topological polar surface area (TPSA) is 51.5 Å². The lowest BCUT2D eigenvalue weighted by atomic mass is 10.2. The lowest BCUT2D eigenvalue weighted by molar-refractivity contribution is -0.908. The molecule has 0 bridgehead atoms. The Bertz CT molecular complexity index is 847. The Labute approximate surface area is 154 Å². The Balaban J connectivity index is 1.49. The van der Waals surface area contributed by atoms with Gasteiger partial charge in [-0.15, -0.1) is 0 Å². The maximum absolute atomic E-state index is 5.43. The zero-order valence-corrected chi connectivity index (χ0v) is 14.9. The van der Waals surface area contributed by atoms with Gasteiger partial charge in [0.25, 0.3) is 0 Å². The van der Waals surface area contributed by atoms with Gasteiger partial charge in [-0.3, -0.25) is 0 Å². The van der Waals surface area contributed by atoms with Crippen LogP contribution in [-0.4, -0.2) is 49.4 Å². The van der Waals surface area contributed by atoms with Crippen LogP contribution in [0.2, 0.25) is 0 Å². The Kier molecular flexibility index (Phi) is 5.38. The second-order valence-corrected chi connectivity index (χ2v) is 6.67. The summed E-state index contributed by atoms with van der Waals surface area (Å²) >= 11 is 0. The Morgan fingerprint density at radius 1 is 0.923 bits per heavy atom. The van der Waals surface area contributed by atoms with Crippen LogP contribution in [0.1, 0.15) is 6.42 Å². The molecule has 3 aromatic rings. The fourth-order valence-electron chi connectivity index (χ4n) is 3.38. The third kappa shape index (κ3) is 4.00. The summed E-state index contributed by atoms with van der Waals surface area (Å²) in [7, 11) is 0. The van der Waals surface area contributed by atoms with Crippen LogP contribution in [0, 0.1) is 0 Å². The number of quaternary nitrogens is 1. The standard InChI is InChI=1S/C21H24N4O/c1-2-7-17(8-3-1)20-23-19-10-5-4-9-18(19)21(24-20)22-11-6-12-25-13-15-26-16-14-25/h1-5,7-10H,6,11-16H2,(H,22,23,24)/p+1. The van der Waals surface area contributed by atoms with Crippen LogP contribution < -0.4 is 10.2 Å². The average Bonchev–Trinajstić information content (AvgIpc) is 2.72. The average molecular weight is 349 g/mol. The maximum atomic E-state index is 5.43. The predicted molar refractivity (Wildman–Crippen MR) is 104 cm³/mol. The van der Waals surface area contributed by atoms with Gasteiger partial charge >= 0.3 is 0 Å². The molecule has 2 aromatic carbocycles. The van der Waals surface area contributed by atoms with Crippen molar-refractivity contribution in [1.82, 2.24) is 9.97 Å². The first-order chi connectivity index (χ1) is 12.9. The number of rotatable bonds is 6. The summed E-state index contributed by atoms with van der Waals surface area (Å²) in [4.78, 5) is 11.2. The molecule has 1 aliphatic rings. The van der Waals surface area contributed by atoms with Crippen molar-refractivity contribution in [1.29, 1.82) is 0 Å². The van der Waals surface area contributed by atoms with Gasteiger partial charge in [0, 0.05) is 23.9 Å². The molecule has 0 saturated carbocycles. The van der Waals surface area contributed by atoms with E-state index in [-0.39, 0.29) is 0 Å². The van der Waals surface area contributed by atoms with Crippen molar-refractivity contribution >= 4 is 16.7 Å². The third-order valence-electron chi connectivity index (χ3n) is 4.83. The van der Waals surface area contributed by atoms with Crippen molar-refractivity contribution in [2.45, 2.75) is 6.42 Å². The molecule has 1 aliphatic heterocycles. The van der Waals surface area contributed by atoms with Crippen LogP contribution in [0.15, 0.2) is 54.6 Å². The van der Waals surface area contributed by atoms with Crippen LogP contribution in [0.3, 0.4) is 0 Å². The fraction of sp³-hybridized carbons (Fsp3) is 0.333. The number of morpholine rings is 1. The Morgan fingerprint density at radius 3 is 2.54 bits per heavy atom. The van der Waals surface area contributed by atoms with Gasteiger partial charge in [-0.25, -0.2) is 9.97 Å². The molecule has 26 heavy (non-hydrogen) atoms.